The van der Waals surface area contributed by atoms with E-state index in [9.17, 15) is 9.59 Å². The number of ketones is 1. The molecule has 4 rings (SSSR count). The molecule has 0 amide bonds. The molecule has 27 heavy (non-hydrogen) atoms. The van der Waals surface area contributed by atoms with E-state index in [-0.39, 0.29) is 23.4 Å². The topological polar surface area (TPSA) is 61.8 Å². The van der Waals surface area contributed by atoms with Gasteiger partial charge in [-0.15, -0.1) is 0 Å². The normalized spacial score (nSPS) is 16.8. The smallest absolute Gasteiger partial charge is 0.314 e. The molecule has 0 bridgehead atoms. The molecule has 0 saturated heterocycles. The molecule has 0 unspecified atom stereocenters. The lowest BCUT2D eigenvalue weighted by atomic mass is 10.1. The molecular formula is C22H20O5. The summed E-state index contributed by atoms with van der Waals surface area (Å²) in [7, 11) is 0. The van der Waals surface area contributed by atoms with Gasteiger partial charge in [0.2, 0.25) is 5.78 Å². The molecule has 0 N–H and O–H groups in total. The number of esters is 1. The summed E-state index contributed by atoms with van der Waals surface area (Å²) in [4.78, 5) is 24.6. The summed E-state index contributed by atoms with van der Waals surface area (Å²) in [5.41, 5.74) is 1.98. The highest BCUT2D eigenvalue weighted by Gasteiger charge is 2.34. The fourth-order valence-corrected chi connectivity index (χ4v) is 2.97. The third kappa shape index (κ3) is 3.45. The number of allylic oxidation sites excluding steroid dienone is 1. The van der Waals surface area contributed by atoms with Crippen molar-refractivity contribution in [2.24, 2.45) is 5.92 Å². The van der Waals surface area contributed by atoms with Crippen LogP contribution in [0.15, 0.2) is 42.2 Å². The van der Waals surface area contributed by atoms with Crippen molar-refractivity contribution in [2.75, 3.05) is 6.61 Å². The molecule has 0 spiro atoms. The summed E-state index contributed by atoms with van der Waals surface area (Å²) >= 11 is 0. The number of rotatable bonds is 5. The number of hydrogen-bond acceptors (Lipinski definition) is 5. The second-order valence-corrected chi connectivity index (χ2v) is 6.70. The van der Waals surface area contributed by atoms with Crippen molar-refractivity contribution >= 4 is 17.8 Å². The Kier molecular flexibility index (Phi) is 4.44. The van der Waals surface area contributed by atoms with Crippen molar-refractivity contribution in [3.05, 3.63) is 58.8 Å². The minimum Gasteiger partial charge on any atom is -0.494 e. The van der Waals surface area contributed by atoms with Crippen molar-refractivity contribution in [1.82, 2.24) is 0 Å². The zero-order valence-electron chi connectivity index (χ0n) is 15.3. The van der Waals surface area contributed by atoms with Crippen molar-refractivity contribution in [3.8, 4) is 17.2 Å². The van der Waals surface area contributed by atoms with Gasteiger partial charge >= 0.3 is 5.97 Å². The standard InChI is InChI=1S/C22H20O5/c1-3-25-16-8-4-14(5-9-16)12-19-20(23)17-10-11-18(13(2)21(17)26-19)27-22(24)15-6-7-15/h4-5,8-12,15H,3,6-7H2,1-2H3/b19-12-. The van der Waals surface area contributed by atoms with Gasteiger partial charge in [-0.05, 0) is 62.6 Å². The average Bonchev–Trinajstić information content (AvgIpc) is 3.46. The molecule has 0 atom stereocenters. The van der Waals surface area contributed by atoms with Crippen LogP contribution in [0.1, 0.15) is 41.3 Å². The van der Waals surface area contributed by atoms with E-state index in [1.54, 1.807) is 25.1 Å². The van der Waals surface area contributed by atoms with Crippen LogP contribution in [0.3, 0.4) is 0 Å². The molecule has 5 nitrogen and oxygen atoms in total. The maximum atomic E-state index is 12.6. The first kappa shape index (κ1) is 17.3. The van der Waals surface area contributed by atoms with E-state index in [1.807, 2.05) is 31.2 Å². The van der Waals surface area contributed by atoms with E-state index >= 15 is 0 Å². The van der Waals surface area contributed by atoms with E-state index < -0.39 is 0 Å². The summed E-state index contributed by atoms with van der Waals surface area (Å²) < 4.78 is 16.7. The van der Waals surface area contributed by atoms with Crippen molar-refractivity contribution in [2.45, 2.75) is 26.7 Å². The van der Waals surface area contributed by atoms with Crippen LogP contribution >= 0.6 is 0 Å². The Hall–Kier alpha value is -3.08. The number of Topliss-reactive ketones (excluding diaryl/α,β-unsaturated/α-hetero) is 1. The average molecular weight is 364 g/mol. The third-order valence-electron chi connectivity index (χ3n) is 4.65. The van der Waals surface area contributed by atoms with Crippen molar-refractivity contribution in [3.63, 3.8) is 0 Å². The largest absolute Gasteiger partial charge is 0.494 e. The maximum Gasteiger partial charge on any atom is 0.314 e. The minimum absolute atomic E-state index is 0.00956. The van der Waals surface area contributed by atoms with Crippen LogP contribution in [-0.4, -0.2) is 18.4 Å². The lowest BCUT2D eigenvalue weighted by molar-refractivity contribution is -0.135. The predicted molar refractivity (Wildman–Crippen MR) is 100 cm³/mol. The van der Waals surface area contributed by atoms with Gasteiger partial charge in [0.05, 0.1) is 18.1 Å². The first-order valence-electron chi connectivity index (χ1n) is 9.09. The van der Waals surface area contributed by atoms with Crippen LogP contribution in [0.25, 0.3) is 6.08 Å². The summed E-state index contributed by atoms with van der Waals surface area (Å²) in [6, 6.07) is 10.8. The number of carbonyl (C=O) groups is 2. The Labute approximate surface area is 157 Å². The first-order valence-corrected chi connectivity index (χ1v) is 9.09. The van der Waals surface area contributed by atoms with Gasteiger partial charge in [-0.2, -0.15) is 0 Å². The molecule has 1 heterocycles. The molecule has 2 aromatic carbocycles. The van der Waals surface area contributed by atoms with Crippen LogP contribution in [-0.2, 0) is 4.79 Å². The molecule has 0 radical (unpaired) electrons. The summed E-state index contributed by atoms with van der Waals surface area (Å²) in [5, 5.41) is 0. The zero-order chi connectivity index (χ0) is 19.0. The highest BCUT2D eigenvalue weighted by atomic mass is 16.5. The lowest BCUT2D eigenvalue weighted by Gasteiger charge is -2.09. The number of carbonyl (C=O) groups excluding carboxylic acids is 2. The van der Waals surface area contributed by atoms with Crippen LogP contribution in [0.2, 0.25) is 0 Å². The van der Waals surface area contributed by atoms with E-state index in [0.717, 1.165) is 24.2 Å². The van der Waals surface area contributed by atoms with Gasteiger partial charge in [-0.1, -0.05) is 12.1 Å². The van der Waals surface area contributed by atoms with Crippen LogP contribution < -0.4 is 14.2 Å². The Morgan fingerprint density at radius 3 is 2.59 bits per heavy atom. The van der Waals surface area contributed by atoms with Gasteiger partial charge in [0.15, 0.2) is 5.76 Å². The number of ether oxygens (including phenoxy) is 3. The summed E-state index contributed by atoms with van der Waals surface area (Å²) in [5.74, 6) is 1.55. The van der Waals surface area contributed by atoms with Crippen molar-refractivity contribution in [1.29, 1.82) is 0 Å². The Morgan fingerprint density at radius 1 is 1.19 bits per heavy atom. The van der Waals surface area contributed by atoms with Gasteiger partial charge in [0, 0.05) is 5.56 Å². The SMILES string of the molecule is CCOc1ccc(/C=C2\Oc3c(ccc(OC(=O)C4CC4)c3C)C2=O)cc1. The molecule has 1 fully saturated rings. The Bertz CT molecular complexity index is 936. The summed E-state index contributed by atoms with van der Waals surface area (Å²) in [6.45, 7) is 4.32. The van der Waals surface area contributed by atoms with Gasteiger partial charge in [0.25, 0.3) is 0 Å². The predicted octanol–water partition coefficient (Wildman–Crippen LogP) is 4.33. The van der Waals surface area contributed by atoms with Gasteiger partial charge < -0.3 is 14.2 Å². The lowest BCUT2D eigenvalue weighted by Crippen LogP contribution is -2.10. The highest BCUT2D eigenvalue weighted by Crippen LogP contribution is 2.40. The Balaban J connectivity index is 1.57. The van der Waals surface area contributed by atoms with Crippen LogP contribution in [0.5, 0.6) is 17.2 Å². The molecule has 0 aromatic heterocycles. The molecule has 2 aromatic rings. The molecule has 5 heteroatoms. The summed E-state index contributed by atoms with van der Waals surface area (Å²) in [6.07, 6.45) is 3.47. The fraction of sp³-hybridized carbons (Fsp3) is 0.273. The van der Waals surface area contributed by atoms with E-state index in [4.69, 9.17) is 14.2 Å². The van der Waals surface area contributed by atoms with Gasteiger partial charge in [-0.25, -0.2) is 0 Å². The number of fused-ring (bicyclic) bond motifs is 1. The van der Waals surface area contributed by atoms with E-state index in [2.05, 4.69) is 0 Å². The fourth-order valence-electron chi connectivity index (χ4n) is 2.97. The van der Waals surface area contributed by atoms with E-state index in [0.29, 0.717) is 29.2 Å². The molecule has 1 aliphatic heterocycles. The van der Waals surface area contributed by atoms with E-state index in [1.165, 1.54) is 0 Å². The quantitative estimate of drug-likeness (QED) is 0.449. The molecule has 2 aliphatic rings. The Morgan fingerprint density at radius 2 is 1.93 bits per heavy atom. The number of benzene rings is 2. The molecular weight excluding hydrogens is 344 g/mol. The zero-order valence-corrected chi connectivity index (χ0v) is 15.3. The minimum atomic E-state index is -0.215. The van der Waals surface area contributed by atoms with Gasteiger partial charge in [-0.3, -0.25) is 9.59 Å². The van der Waals surface area contributed by atoms with Crippen LogP contribution in [0.4, 0.5) is 0 Å². The van der Waals surface area contributed by atoms with Gasteiger partial charge in [0.1, 0.15) is 17.2 Å². The molecule has 1 aliphatic carbocycles. The van der Waals surface area contributed by atoms with Crippen LogP contribution in [0, 0.1) is 12.8 Å². The number of hydrogen-bond donors (Lipinski definition) is 0. The second-order valence-electron chi connectivity index (χ2n) is 6.70. The van der Waals surface area contributed by atoms with Crippen molar-refractivity contribution < 1.29 is 23.8 Å². The maximum absolute atomic E-state index is 12.6. The molecule has 138 valence electrons. The monoisotopic (exact) mass is 364 g/mol. The first-order chi connectivity index (χ1) is 13.1. The second kappa shape index (κ2) is 6.91. The molecule has 1 saturated carbocycles. The highest BCUT2D eigenvalue weighted by molar-refractivity contribution is 6.15. The third-order valence-corrected chi connectivity index (χ3v) is 4.65.